The number of pyridine rings is 1. The Morgan fingerprint density at radius 3 is 2.22 bits per heavy atom. The third-order valence-corrected chi connectivity index (χ3v) is 7.34. The smallest absolute Gasteiger partial charge is 0.261 e. The largest absolute Gasteiger partial charge is 0.353 e. The molecule has 0 N–H and O–H groups in total. The number of aromatic nitrogens is 1. The van der Waals surface area contributed by atoms with Gasteiger partial charge in [-0.15, -0.1) is 0 Å². The first-order chi connectivity index (χ1) is 17.4. The Kier molecular flexibility index (Phi) is 6.72. The van der Waals surface area contributed by atoms with Gasteiger partial charge in [-0.05, 0) is 56.0 Å². The van der Waals surface area contributed by atoms with Gasteiger partial charge < -0.3 is 9.80 Å². The molecular weight excluding hydrogens is 452 g/mol. The van der Waals surface area contributed by atoms with Crippen LogP contribution in [0.1, 0.15) is 57.5 Å². The van der Waals surface area contributed by atoms with Crippen LogP contribution in [0, 0.1) is 13.8 Å². The average Bonchev–Trinajstić information content (AvgIpc) is 3.14. The molecule has 3 heterocycles. The number of anilines is 1. The molecule has 0 atom stereocenters. The van der Waals surface area contributed by atoms with Crippen LogP contribution < -0.4 is 4.90 Å². The molecule has 3 aromatic rings. The molecule has 0 saturated carbocycles. The third kappa shape index (κ3) is 4.57. The molecule has 0 unspecified atom stereocenters. The molecule has 2 aliphatic rings. The van der Waals surface area contributed by atoms with E-state index in [1.807, 2.05) is 4.90 Å². The Morgan fingerprint density at radius 2 is 1.53 bits per heavy atom. The van der Waals surface area contributed by atoms with Crippen LogP contribution in [-0.4, -0.2) is 65.2 Å². The Labute approximate surface area is 211 Å². The quantitative estimate of drug-likeness (QED) is 0.368. The number of imide groups is 1. The SMILES string of the molecule is Cc1cc(N2CCN(C(=O)CCCCCN3C(=O)c4ccccc4C3=O)CC2)nc2c(C)cccc12. The van der Waals surface area contributed by atoms with E-state index in [2.05, 4.69) is 43.0 Å². The van der Waals surface area contributed by atoms with E-state index in [-0.39, 0.29) is 17.7 Å². The van der Waals surface area contributed by atoms with Gasteiger partial charge in [-0.1, -0.05) is 36.8 Å². The summed E-state index contributed by atoms with van der Waals surface area (Å²) in [5.74, 6) is 0.732. The number of aryl methyl sites for hydroxylation is 2. The maximum atomic E-state index is 12.8. The van der Waals surface area contributed by atoms with Gasteiger partial charge in [0.2, 0.25) is 5.91 Å². The maximum absolute atomic E-state index is 12.8. The van der Waals surface area contributed by atoms with Crippen LogP contribution in [0.15, 0.2) is 48.5 Å². The van der Waals surface area contributed by atoms with Gasteiger partial charge in [0.15, 0.2) is 0 Å². The van der Waals surface area contributed by atoms with Crippen molar-refractivity contribution >= 4 is 34.4 Å². The second kappa shape index (κ2) is 10.1. The van der Waals surface area contributed by atoms with Crippen LogP contribution in [-0.2, 0) is 4.79 Å². The highest BCUT2D eigenvalue weighted by Crippen LogP contribution is 2.26. The maximum Gasteiger partial charge on any atom is 0.261 e. The van der Waals surface area contributed by atoms with Gasteiger partial charge in [-0.25, -0.2) is 4.98 Å². The van der Waals surface area contributed by atoms with Gasteiger partial charge in [0.25, 0.3) is 11.8 Å². The number of hydrogen-bond donors (Lipinski definition) is 0. The molecule has 3 amide bonds. The highest BCUT2D eigenvalue weighted by molar-refractivity contribution is 6.21. The van der Waals surface area contributed by atoms with Gasteiger partial charge in [0.1, 0.15) is 5.82 Å². The summed E-state index contributed by atoms with van der Waals surface area (Å²) in [5.41, 5.74) is 4.42. The number of benzene rings is 2. The van der Waals surface area contributed by atoms with Crippen LogP contribution in [0.3, 0.4) is 0 Å². The summed E-state index contributed by atoms with van der Waals surface area (Å²) in [4.78, 5) is 48.1. The lowest BCUT2D eigenvalue weighted by atomic mass is 10.1. The fraction of sp³-hybridized carbons (Fsp3) is 0.379. The fourth-order valence-corrected chi connectivity index (χ4v) is 5.21. The van der Waals surface area contributed by atoms with Crippen LogP contribution in [0.2, 0.25) is 0 Å². The van der Waals surface area contributed by atoms with Crippen LogP contribution in [0.25, 0.3) is 10.9 Å². The molecule has 0 spiro atoms. The van der Waals surface area contributed by atoms with Crippen molar-refractivity contribution in [3.05, 3.63) is 70.8 Å². The van der Waals surface area contributed by atoms with E-state index in [4.69, 9.17) is 4.98 Å². The first kappa shape index (κ1) is 24.0. The average molecular weight is 485 g/mol. The summed E-state index contributed by atoms with van der Waals surface area (Å²) in [5, 5.41) is 1.19. The summed E-state index contributed by atoms with van der Waals surface area (Å²) in [6.45, 7) is 7.55. The van der Waals surface area contributed by atoms with Gasteiger partial charge >= 0.3 is 0 Å². The lowest BCUT2D eigenvalue weighted by molar-refractivity contribution is -0.131. The van der Waals surface area contributed by atoms with Crippen molar-refractivity contribution < 1.29 is 14.4 Å². The zero-order valence-corrected chi connectivity index (χ0v) is 21.0. The Hall–Kier alpha value is -3.74. The predicted molar refractivity (Wildman–Crippen MR) is 140 cm³/mol. The highest BCUT2D eigenvalue weighted by Gasteiger charge is 2.34. The molecule has 1 saturated heterocycles. The van der Waals surface area contributed by atoms with E-state index in [0.29, 0.717) is 43.6 Å². The molecule has 7 nitrogen and oxygen atoms in total. The van der Waals surface area contributed by atoms with Crippen molar-refractivity contribution in [2.75, 3.05) is 37.6 Å². The second-order valence-corrected chi connectivity index (χ2v) is 9.75. The molecule has 7 heteroatoms. The molecule has 0 radical (unpaired) electrons. The van der Waals surface area contributed by atoms with E-state index in [1.54, 1.807) is 24.3 Å². The minimum Gasteiger partial charge on any atom is -0.353 e. The Bertz CT molecular complexity index is 1290. The highest BCUT2D eigenvalue weighted by atomic mass is 16.2. The molecule has 1 fully saturated rings. The van der Waals surface area contributed by atoms with Crippen molar-refractivity contribution in [1.29, 1.82) is 0 Å². The van der Waals surface area contributed by atoms with Crippen molar-refractivity contribution in [3.8, 4) is 0 Å². The van der Waals surface area contributed by atoms with Crippen molar-refractivity contribution in [2.45, 2.75) is 39.5 Å². The van der Waals surface area contributed by atoms with E-state index >= 15 is 0 Å². The number of nitrogens with zero attached hydrogens (tertiary/aromatic N) is 4. The molecular formula is C29H32N4O3. The first-order valence-electron chi connectivity index (χ1n) is 12.8. The number of unbranched alkanes of at least 4 members (excludes halogenated alkanes) is 2. The van der Waals surface area contributed by atoms with Gasteiger partial charge in [0, 0.05) is 44.5 Å². The number of carbonyl (C=O) groups excluding carboxylic acids is 3. The number of fused-ring (bicyclic) bond motifs is 2. The number of hydrogen-bond acceptors (Lipinski definition) is 5. The molecule has 0 bridgehead atoms. The molecule has 36 heavy (non-hydrogen) atoms. The zero-order valence-electron chi connectivity index (χ0n) is 21.0. The summed E-state index contributed by atoms with van der Waals surface area (Å²) in [6, 6.07) is 15.4. The Balaban J connectivity index is 1.06. The first-order valence-corrected chi connectivity index (χ1v) is 12.8. The van der Waals surface area contributed by atoms with E-state index in [0.717, 1.165) is 37.3 Å². The van der Waals surface area contributed by atoms with Gasteiger partial charge in [-0.2, -0.15) is 0 Å². The van der Waals surface area contributed by atoms with E-state index < -0.39 is 0 Å². The van der Waals surface area contributed by atoms with E-state index in [1.165, 1.54) is 21.4 Å². The lowest BCUT2D eigenvalue weighted by Crippen LogP contribution is -2.49. The molecule has 5 rings (SSSR count). The topological polar surface area (TPSA) is 73.8 Å². The minimum atomic E-state index is -0.212. The van der Waals surface area contributed by atoms with Crippen molar-refractivity contribution in [3.63, 3.8) is 0 Å². The van der Waals surface area contributed by atoms with Crippen LogP contribution in [0.5, 0.6) is 0 Å². The summed E-state index contributed by atoms with van der Waals surface area (Å²) in [6.07, 6.45) is 2.76. The number of carbonyl (C=O) groups is 3. The third-order valence-electron chi connectivity index (χ3n) is 7.34. The molecule has 0 aliphatic carbocycles. The van der Waals surface area contributed by atoms with Crippen LogP contribution in [0.4, 0.5) is 5.82 Å². The normalized spacial score (nSPS) is 15.7. The van der Waals surface area contributed by atoms with Gasteiger partial charge in [-0.3, -0.25) is 19.3 Å². The standard InChI is InChI=1S/C29H32N4O3/c1-20-9-8-12-22-21(2)19-25(30-27(20)22)31-15-17-32(18-16-31)26(34)13-4-3-7-14-33-28(35)23-10-5-6-11-24(23)29(33)36/h5-6,8-12,19H,3-4,7,13-18H2,1-2H3. The van der Waals surface area contributed by atoms with E-state index in [9.17, 15) is 14.4 Å². The summed E-state index contributed by atoms with van der Waals surface area (Å²) in [7, 11) is 0. The number of amides is 3. The fourth-order valence-electron chi connectivity index (χ4n) is 5.21. The number of piperazine rings is 1. The van der Waals surface area contributed by atoms with Crippen molar-refractivity contribution in [1.82, 2.24) is 14.8 Å². The van der Waals surface area contributed by atoms with Gasteiger partial charge in [0.05, 0.1) is 16.6 Å². The number of para-hydroxylation sites is 1. The lowest BCUT2D eigenvalue weighted by Gasteiger charge is -2.35. The summed E-state index contributed by atoms with van der Waals surface area (Å²) < 4.78 is 0. The monoisotopic (exact) mass is 484 g/mol. The molecule has 186 valence electrons. The summed E-state index contributed by atoms with van der Waals surface area (Å²) >= 11 is 0. The minimum absolute atomic E-state index is 0.175. The van der Waals surface area contributed by atoms with Crippen LogP contribution >= 0.6 is 0 Å². The predicted octanol–water partition coefficient (Wildman–Crippen LogP) is 4.36. The molecule has 2 aliphatic heterocycles. The molecule has 2 aromatic carbocycles. The second-order valence-electron chi connectivity index (χ2n) is 9.75. The van der Waals surface area contributed by atoms with Crippen molar-refractivity contribution in [2.24, 2.45) is 0 Å². The number of rotatable bonds is 7. The molecule has 1 aromatic heterocycles. The Morgan fingerprint density at radius 1 is 0.833 bits per heavy atom. The zero-order chi connectivity index (χ0) is 25.2.